The molecular weight excluding hydrogens is 344 g/mol. The van der Waals surface area contributed by atoms with Crippen molar-refractivity contribution < 1.29 is 4.74 Å². The Morgan fingerprint density at radius 2 is 2.23 bits per heavy atom. The molecule has 22 heavy (non-hydrogen) atoms. The Morgan fingerprint density at radius 3 is 2.91 bits per heavy atom. The summed E-state index contributed by atoms with van der Waals surface area (Å²) in [5, 5.41) is 12.8. The Bertz CT molecular complexity index is 735. The van der Waals surface area contributed by atoms with Gasteiger partial charge in [-0.1, -0.05) is 34.1 Å². The van der Waals surface area contributed by atoms with Crippen LogP contribution >= 0.6 is 15.9 Å². The van der Waals surface area contributed by atoms with E-state index in [1.807, 2.05) is 24.3 Å². The quantitative estimate of drug-likeness (QED) is 0.861. The smallest absolute Gasteiger partial charge is 0.141 e. The van der Waals surface area contributed by atoms with Gasteiger partial charge < -0.3 is 15.8 Å². The van der Waals surface area contributed by atoms with E-state index < -0.39 is 0 Å². The van der Waals surface area contributed by atoms with E-state index in [9.17, 15) is 5.26 Å². The van der Waals surface area contributed by atoms with E-state index in [2.05, 4.69) is 32.3 Å². The number of nitrogens with two attached hydrogens (primary N) is 1. The van der Waals surface area contributed by atoms with Crippen molar-refractivity contribution in [3.63, 3.8) is 0 Å². The molecule has 1 unspecified atom stereocenters. The molecule has 0 bridgehead atoms. The van der Waals surface area contributed by atoms with Gasteiger partial charge in [0.2, 0.25) is 0 Å². The van der Waals surface area contributed by atoms with Crippen LogP contribution in [0.3, 0.4) is 0 Å². The summed E-state index contributed by atoms with van der Waals surface area (Å²) in [5.74, 6) is 0.237. The number of nitriles is 1. The Morgan fingerprint density at radius 1 is 1.41 bits per heavy atom. The Balaban J connectivity index is 2.23. The van der Waals surface area contributed by atoms with E-state index in [0.29, 0.717) is 18.7 Å². The van der Waals surface area contributed by atoms with Crippen molar-refractivity contribution in [1.29, 1.82) is 5.26 Å². The number of nitrogen functional groups attached to an aromatic ring is 1. The second-order valence-corrected chi connectivity index (χ2v) is 5.86. The average molecular weight is 359 g/mol. The molecule has 3 rings (SSSR count). The van der Waals surface area contributed by atoms with Crippen LogP contribution in [0.25, 0.3) is 11.1 Å². The molecule has 1 fully saturated rings. The number of halogens is 1. The lowest BCUT2D eigenvalue weighted by atomic mass is 9.93. The Labute approximate surface area is 137 Å². The zero-order valence-corrected chi connectivity index (χ0v) is 13.4. The highest BCUT2D eigenvalue weighted by molar-refractivity contribution is 9.10. The number of benzene rings is 1. The zero-order chi connectivity index (χ0) is 15.5. The molecule has 1 atom stereocenters. The highest BCUT2D eigenvalue weighted by Crippen LogP contribution is 2.38. The third-order valence-electron chi connectivity index (χ3n) is 3.67. The van der Waals surface area contributed by atoms with Crippen molar-refractivity contribution in [3.05, 3.63) is 46.1 Å². The van der Waals surface area contributed by atoms with Crippen molar-refractivity contribution in [2.45, 2.75) is 6.10 Å². The second kappa shape index (κ2) is 6.44. The molecule has 0 radical (unpaired) electrons. The molecule has 5 nitrogen and oxygen atoms in total. The predicted octanol–water partition coefficient (Wildman–Crippen LogP) is 2.63. The van der Waals surface area contributed by atoms with Crippen molar-refractivity contribution in [2.75, 3.05) is 25.4 Å². The molecule has 1 saturated heterocycles. The van der Waals surface area contributed by atoms with E-state index in [1.54, 1.807) is 6.20 Å². The first-order valence-corrected chi connectivity index (χ1v) is 7.77. The monoisotopic (exact) mass is 358 g/mol. The van der Waals surface area contributed by atoms with Crippen molar-refractivity contribution in [1.82, 2.24) is 10.3 Å². The molecular formula is C16H15BrN4O. The molecule has 1 aromatic carbocycles. The fourth-order valence-electron chi connectivity index (χ4n) is 2.62. The van der Waals surface area contributed by atoms with Gasteiger partial charge in [-0.15, -0.1) is 0 Å². The standard InChI is InChI=1S/C16H15BrN4O/c17-13-4-2-1-3-10(13)15-11(7-18)16(19)21-8-12(15)14-9-20-5-6-22-14/h1-4,8,14,20H,5-6,9H2,(H2,19,21). The Kier molecular flexibility index (Phi) is 4.39. The molecule has 0 saturated carbocycles. The number of anilines is 1. The van der Waals surface area contributed by atoms with Crippen LogP contribution in [0.2, 0.25) is 0 Å². The molecule has 0 aliphatic carbocycles. The van der Waals surface area contributed by atoms with E-state index in [1.165, 1.54) is 0 Å². The molecule has 1 aliphatic rings. The zero-order valence-electron chi connectivity index (χ0n) is 11.8. The van der Waals surface area contributed by atoms with Gasteiger partial charge >= 0.3 is 0 Å². The van der Waals surface area contributed by atoms with Crippen LogP contribution in [-0.2, 0) is 4.74 Å². The highest BCUT2D eigenvalue weighted by Gasteiger charge is 2.24. The van der Waals surface area contributed by atoms with Crippen LogP contribution in [0, 0.1) is 11.3 Å². The average Bonchev–Trinajstić information content (AvgIpc) is 2.56. The maximum absolute atomic E-state index is 9.53. The number of aromatic nitrogens is 1. The Hall–Kier alpha value is -1.94. The largest absolute Gasteiger partial charge is 0.383 e. The lowest BCUT2D eigenvalue weighted by Crippen LogP contribution is -2.33. The normalized spacial score (nSPS) is 17.9. The SMILES string of the molecule is N#Cc1c(N)ncc(C2CNCCO2)c1-c1ccccc1Br. The molecule has 112 valence electrons. The number of rotatable bonds is 2. The third kappa shape index (κ3) is 2.71. The number of ether oxygens (including phenoxy) is 1. The summed E-state index contributed by atoms with van der Waals surface area (Å²) >= 11 is 3.55. The second-order valence-electron chi connectivity index (χ2n) is 5.00. The molecule has 0 spiro atoms. The number of nitrogens with zero attached hydrogens (tertiary/aromatic N) is 2. The summed E-state index contributed by atoms with van der Waals surface area (Å²) in [4.78, 5) is 4.17. The predicted molar refractivity (Wildman–Crippen MR) is 88.1 cm³/mol. The van der Waals surface area contributed by atoms with Crippen LogP contribution in [0.4, 0.5) is 5.82 Å². The van der Waals surface area contributed by atoms with Gasteiger partial charge in [-0.05, 0) is 11.6 Å². The van der Waals surface area contributed by atoms with Crippen LogP contribution in [0.1, 0.15) is 17.2 Å². The van der Waals surface area contributed by atoms with E-state index in [0.717, 1.165) is 27.7 Å². The molecule has 1 aromatic heterocycles. The molecule has 2 aromatic rings. The molecule has 6 heteroatoms. The summed E-state index contributed by atoms with van der Waals surface area (Å²) in [5.41, 5.74) is 8.88. The van der Waals surface area contributed by atoms with Crippen LogP contribution < -0.4 is 11.1 Å². The summed E-state index contributed by atoms with van der Waals surface area (Å²) in [6.07, 6.45) is 1.57. The van der Waals surface area contributed by atoms with E-state index in [-0.39, 0.29) is 11.9 Å². The molecule has 1 aliphatic heterocycles. The van der Waals surface area contributed by atoms with Gasteiger partial charge in [-0.25, -0.2) is 4.98 Å². The number of morpholine rings is 1. The van der Waals surface area contributed by atoms with Gasteiger partial charge in [0.1, 0.15) is 17.5 Å². The minimum absolute atomic E-state index is 0.143. The van der Waals surface area contributed by atoms with Gasteiger partial charge in [0.25, 0.3) is 0 Å². The van der Waals surface area contributed by atoms with Gasteiger partial charge in [-0.3, -0.25) is 0 Å². The number of nitrogens with one attached hydrogen (secondary N) is 1. The topological polar surface area (TPSA) is 84.0 Å². The first-order chi connectivity index (χ1) is 10.7. The van der Waals surface area contributed by atoms with E-state index >= 15 is 0 Å². The minimum Gasteiger partial charge on any atom is -0.383 e. The van der Waals surface area contributed by atoms with Crippen LogP contribution in [0.5, 0.6) is 0 Å². The molecule has 0 amide bonds. The third-order valence-corrected chi connectivity index (χ3v) is 4.36. The molecule has 2 heterocycles. The highest BCUT2D eigenvalue weighted by atomic mass is 79.9. The summed E-state index contributed by atoms with van der Waals surface area (Å²) < 4.78 is 6.74. The van der Waals surface area contributed by atoms with Crippen LogP contribution in [-0.4, -0.2) is 24.7 Å². The van der Waals surface area contributed by atoms with Crippen molar-refractivity contribution in [3.8, 4) is 17.2 Å². The fraction of sp³-hybridized carbons (Fsp3) is 0.250. The lowest BCUT2D eigenvalue weighted by Gasteiger charge is -2.26. The van der Waals surface area contributed by atoms with Gasteiger partial charge in [0.15, 0.2) is 0 Å². The van der Waals surface area contributed by atoms with Gasteiger partial charge in [-0.2, -0.15) is 5.26 Å². The first-order valence-electron chi connectivity index (χ1n) is 6.98. The van der Waals surface area contributed by atoms with E-state index in [4.69, 9.17) is 10.5 Å². The number of hydrogen-bond donors (Lipinski definition) is 2. The van der Waals surface area contributed by atoms with Crippen molar-refractivity contribution >= 4 is 21.7 Å². The summed E-state index contributed by atoms with van der Waals surface area (Å²) in [6, 6.07) is 9.95. The number of hydrogen-bond acceptors (Lipinski definition) is 5. The minimum atomic E-state index is -0.143. The summed E-state index contributed by atoms with van der Waals surface area (Å²) in [7, 11) is 0. The maximum atomic E-state index is 9.53. The van der Waals surface area contributed by atoms with Crippen LogP contribution in [0.15, 0.2) is 34.9 Å². The first kappa shape index (κ1) is 15.0. The fourth-order valence-corrected chi connectivity index (χ4v) is 3.10. The lowest BCUT2D eigenvalue weighted by molar-refractivity contribution is 0.0278. The van der Waals surface area contributed by atoms with Crippen molar-refractivity contribution in [2.24, 2.45) is 0 Å². The maximum Gasteiger partial charge on any atom is 0.141 e. The summed E-state index contributed by atoms with van der Waals surface area (Å²) in [6.45, 7) is 2.15. The van der Waals surface area contributed by atoms with Gasteiger partial charge in [0, 0.05) is 34.9 Å². The van der Waals surface area contributed by atoms with Gasteiger partial charge in [0.05, 0.1) is 12.7 Å². The molecule has 3 N–H and O–H groups in total. The number of pyridine rings is 1.